The molecule has 0 fully saturated rings. The maximum absolute atomic E-state index is 13.0. The molecule has 0 saturated heterocycles. The first-order valence-corrected chi connectivity index (χ1v) is 4.27. The molecule has 2 nitrogen and oxygen atoms in total. The van der Waals surface area contributed by atoms with Crippen molar-refractivity contribution in [2.24, 2.45) is 0 Å². The molecule has 1 rings (SSSR count). The fourth-order valence-electron chi connectivity index (χ4n) is 0.982. The topological polar surface area (TPSA) is 29.5 Å². The second-order valence-electron chi connectivity index (χ2n) is 3.17. The average molecular weight is 202 g/mol. The second kappa shape index (κ2) is 4.37. The number of aliphatic hydroxyl groups is 1. The Morgan fingerprint density at radius 3 is 2.64 bits per heavy atom. The molecular weight excluding hydrogens is 190 g/mol. The van der Waals surface area contributed by atoms with E-state index in [1.54, 1.807) is 0 Å². The van der Waals surface area contributed by atoms with E-state index in [0.29, 0.717) is 0 Å². The van der Waals surface area contributed by atoms with Gasteiger partial charge in [0, 0.05) is 17.7 Å². The number of halogens is 2. The molecule has 1 N–H and O–H groups in total. The molecule has 0 spiro atoms. The lowest BCUT2D eigenvalue weighted by molar-refractivity contribution is 0.122. The minimum Gasteiger partial charge on any atom is -0.490 e. The van der Waals surface area contributed by atoms with Gasteiger partial charge in [-0.1, -0.05) is 0 Å². The van der Waals surface area contributed by atoms with Crippen LogP contribution in [0.15, 0.2) is 12.1 Å². The van der Waals surface area contributed by atoms with Gasteiger partial charge in [-0.05, 0) is 13.8 Å². The van der Waals surface area contributed by atoms with Crippen LogP contribution in [-0.2, 0) is 0 Å². The van der Waals surface area contributed by atoms with Gasteiger partial charge in [0.2, 0.25) is 0 Å². The van der Waals surface area contributed by atoms with Crippen LogP contribution in [0.5, 0.6) is 5.75 Å². The first-order chi connectivity index (χ1) is 6.50. The summed E-state index contributed by atoms with van der Waals surface area (Å²) >= 11 is 0. The predicted octanol–water partition coefficient (Wildman–Crippen LogP) is 2.03. The molecule has 1 unspecified atom stereocenters. The maximum Gasteiger partial charge on any atom is 0.132 e. The predicted molar refractivity (Wildman–Crippen MR) is 48.3 cm³/mol. The minimum absolute atomic E-state index is 0.0176. The van der Waals surface area contributed by atoms with E-state index in [2.05, 4.69) is 0 Å². The van der Waals surface area contributed by atoms with E-state index in [1.807, 2.05) is 0 Å². The van der Waals surface area contributed by atoms with Gasteiger partial charge in [0.05, 0.1) is 6.10 Å². The average Bonchev–Trinajstić information content (AvgIpc) is 2.08. The molecule has 0 bridgehead atoms. The van der Waals surface area contributed by atoms with Gasteiger partial charge in [-0.3, -0.25) is 0 Å². The van der Waals surface area contributed by atoms with Crippen molar-refractivity contribution in [2.45, 2.75) is 20.0 Å². The van der Waals surface area contributed by atoms with Crippen LogP contribution in [0, 0.1) is 18.6 Å². The van der Waals surface area contributed by atoms with Gasteiger partial charge in [-0.15, -0.1) is 0 Å². The SMILES string of the molecule is Cc1c(F)cc(F)cc1OCC(C)O. The third-order valence-corrected chi connectivity index (χ3v) is 1.74. The number of benzene rings is 1. The largest absolute Gasteiger partial charge is 0.490 e. The van der Waals surface area contributed by atoms with E-state index in [1.165, 1.54) is 13.8 Å². The van der Waals surface area contributed by atoms with E-state index in [4.69, 9.17) is 9.84 Å². The van der Waals surface area contributed by atoms with Crippen molar-refractivity contribution in [3.8, 4) is 5.75 Å². The van der Waals surface area contributed by atoms with Gasteiger partial charge in [-0.2, -0.15) is 0 Å². The lowest BCUT2D eigenvalue weighted by Crippen LogP contribution is -2.13. The molecule has 4 heteroatoms. The number of hydrogen-bond donors (Lipinski definition) is 1. The molecular formula is C10H12F2O2. The Bertz CT molecular complexity index is 324. The van der Waals surface area contributed by atoms with Gasteiger partial charge in [0.15, 0.2) is 0 Å². The summed E-state index contributed by atoms with van der Waals surface area (Å²) in [4.78, 5) is 0. The molecule has 0 radical (unpaired) electrons. The summed E-state index contributed by atoms with van der Waals surface area (Å²) in [5, 5.41) is 8.93. The van der Waals surface area contributed by atoms with Crippen molar-refractivity contribution in [3.05, 3.63) is 29.3 Å². The van der Waals surface area contributed by atoms with Crippen molar-refractivity contribution in [3.63, 3.8) is 0 Å². The first kappa shape index (κ1) is 10.9. The molecule has 78 valence electrons. The number of rotatable bonds is 3. The van der Waals surface area contributed by atoms with E-state index in [0.717, 1.165) is 12.1 Å². The molecule has 0 amide bonds. The molecule has 0 aliphatic heterocycles. The molecule has 1 aromatic carbocycles. The number of ether oxygens (including phenoxy) is 1. The van der Waals surface area contributed by atoms with Crippen LogP contribution in [0.3, 0.4) is 0 Å². The third-order valence-electron chi connectivity index (χ3n) is 1.74. The summed E-state index contributed by atoms with van der Waals surface area (Å²) in [7, 11) is 0. The zero-order chi connectivity index (χ0) is 10.7. The number of hydrogen-bond acceptors (Lipinski definition) is 2. The zero-order valence-corrected chi connectivity index (χ0v) is 8.05. The molecule has 0 saturated carbocycles. The van der Waals surface area contributed by atoms with Crippen LogP contribution in [0.4, 0.5) is 8.78 Å². The smallest absolute Gasteiger partial charge is 0.132 e. The Balaban J connectivity index is 2.85. The molecule has 1 atom stereocenters. The Hall–Kier alpha value is -1.16. The van der Waals surface area contributed by atoms with Crippen molar-refractivity contribution >= 4 is 0 Å². The Morgan fingerprint density at radius 1 is 1.43 bits per heavy atom. The van der Waals surface area contributed by atoms with E-state index in [-0.39, 0.29) is 17.9 Å². The van der Waals surface area contributed by atoms with Crippen LogP contribution >= 0.6 is 0 Å². The van der Waals surface area contributed by atoms with Gasteiger partial charge >= 0.3 is 0 Å². The van der Waals surface area contributed by atoms with Crippen molar-refractivity contribution < 1.29 is 18.6 Å². The first-order valence-electron chi connectivity index (χ1n) is 4.27. The Morgan fingerprint density at radius 2 is 2.07 bits per heavy atom. The third kappa shape index (κ3) is 2.67. The summed E-state index contributed by atoms with van der Waals surface area (Å²) in [5.41, 5.74) is 0.243. The van der Waals surface area contributed by atoms with Gasteiger partial charge in [0.25, 0.3) is 0 Å². The maximum atomic E-state index is 13.0. The standard InChI is InChI=1S/C10H12F2O2/c1-6(13)5-14-10-4-8(11)3-9(12)7(10)2/h3-4,6,13H,5H2,1-2H3. The number of aliphatic hydroxyl groups excluding tert-OH is 1. The fourth-order valence-corrected chi connectivity index (χ4v) is 0.982. The summed E-state index contributed by atoms with van der Waals surface area (Å²) in [5.74, 6) is -1.21. The Kier molecular flexibility index (Phi) is 3.41. The van der Waals surface area contributed by atoms with Crippen LogP contribution < -0.4 is 4.74 Å². The monoisotopic (exact) mass is 202 g/mol. The van der Waals surface area contributed by atoms with Crippen LogP contribution in [0.1, 0.15) is 12.5 Å². The summed E-state index contributed by atoms with van der Waals surface area (Å²) in [6, 6.07) is 1.89. The van der Waals surface area contributed by atoms with Gasteiger partial charge in [-0.25, -0.2) is 8.78 Å². The quantitative estimate of drug-likeness (QED) is 0.812. The van der Waals surface area contributed by atoms with Crippen LogP contribution in [0.2, 0.25) is 0 Å². The normalized spacial score (nSPS) is 12.6. The van der Waals surface area contributed by atoms with E-state index < -0.39 is 17.7 Å². The molecule has 0 aliphatic carbocycles. The van der Waals surface area contributed by atoms with Crippen molar-refractivity contribution in [1.82, 2.24) is 0 Å². The highest BCUT2D eigenvalue weighted by atomic mass is 19.1. The Labute approximate surface area is 81.1 Å². The molecule has 0 heterocycles. The summed E-state index contributed by atoms with van der Waals surface area (Å²) < 4.78 is 30.8. The summed E-state index contributed by atoms with van der Waals surface area (Å²) in [6.45, 7) is 3.04. The van der Waals surface area contributed by atoms with Gasteiger partial charge in [0.1, 0.15) is 24.0 Å². The molecule has 0 aromatic heterocycles. The van der Waals surface area contributed by atoms with E-state index >= 15 is 0 Å². The molecule has 14 heavy (non-hydrogen) atoms. The molecule has 0 aliphatic rings. The lowest BCUT2D eigenvalue weighted by Gasteiger charge is -2.11. The molecule has 1 aromatic rings. The summed E-state index contributed by atoms with van der Waals surface area (Å²) in [6.07, 6.45) is -0.666. The highest BCUT2D eigenvalue weighted by Gasteiger charge is 2.08. The highest BCUT2D eigenvalue weighted by molar-refractivity contribution is 5.34. The van der Waals surface area contributed by atoms with Crippen LogP contribution in [-0.4, -0.2) is 17.8 Å². The minimum atomic E-state index is -0.686. The van der Waals surface area contributed by atoms with Crippen LogP contribution in [0.25, 0.3) is 0 Å². The van der Waals surface area contributed by atoms with Crippen molar-refractivity contribution in [1.29, 1.82) is 0 Å². The van der Waals surface area contributed by atoms with E-state index in [9.17, 15) is 8.78 Å². The second-order valence-corrected chi connectivity index (χ2v) is 3.17. The lowest BCUT2D eigenvalue weighted by atomic mass is 10.2. The van der Waals surface area contributed by atoms with Crippen molar-refractivity contribution in [2.75, 3.05) is 6.61 Å². The fraction of sp³-hybridized carbons (Fsp3) is 0.400. The highest BCUT2D eigenvalue weighted by Crippen LogP contribution is 2.22. The van der Waals surface area contributed by atoms with Gasteiger partial charge < -0.3 is 9.84 Å². The zero-order valence-electron chi connectivity index (χ0n) is 8.05.